The van der Waals surface area contributed by atoms with Gasteiger partial charge in [-0.1, -0.05) is 34.8 Å². The summed E-state index contributed by atoms with van der Waals surface area (Å²) in [5.41, 5.74) is 0.913. The molecule has 2 rings (SSSR count). The predicted molar refractivity (Wildman–Crippen MR) is 96.3 cm³/mol. The molecule has 2 aromatic carbocycles. The van der Waals surface area contributed by atoms with Crippen molar-refractivity contribution in [1.82, 2.24) is 0 Å². The van der Waals surface area contributed by atoms with Gasteiger partial charge in [-0.3, -0.25) is 9.59 Å². The summed E-state index contributed by atoms with van der Waals surface area (Å²) in [6.07, 6.45) is 0. The minimum absolute atomic E-state index is 0.167. The molecule has 0 aliphatic rings. The molecule has 0 aliphatic heterocycles. The first-order valence-electron chi connectivity index (χ1n) is 6.80. The van der Waals surface area contributed by atoms with Crippen LogP contribution in [0.5, 0.6) is 5.75 Å². The van der Waals surface area contributed by atoms with Crippen molar-refractivity contribution >= 4 is 58.0 Å². The fraction of sp³-hybridized carbons (Fsp3) is 0.125. The van der Waals surface area contributed by atoms with Crippen LogP contribution in [-0.4, -0.2) is 18.4 Å². The zero-order valence-electron chi connectivity index (χ0n) is 12.5. The Hall–Kier alpha value is -1.95. The Morgan fingerprint density at radius 2 is 1.58 bits per heavy atom. The molecule has 2 amide bonds. The molecule has 2 N–H and O–H groups in total. The first-order chi connectivity index (χ1) is 11.3. The summed E-state index contributed by atoms with van der Waals surface area (Å²) in [5.74, 6) is -0.112. The summed E-state index contributed by atoms with van der Waals surface area (Å²) in [7, 11) is 0. The monoisotopic (exact) mass is 386 g/mol. The van der Waals surface area contributed by atoms with E-state index in [0.717, 1.165) is 0 Å². The highest BCUT2D eigenvalue weighted by Gasteiger charge is 2.12. The molecule has 0 unspecified atom stereocenters. The number of hydrogen-bond donors (Lipinski definition) is 2. The molecule has 5 nitrogen and oxygen atoms in total. The molecular formula is C16H13Cl3N2O3. The van der Waals surface area contributed by atoms with Gasteiger partial charge in [-0.25, -0.2) is 0 Å². The molecule has 0 atom stereocenters. The third kappa shape index (κ3) is 5.30. The van der Waals surface area contributed by atoms with Crippen LogP contribution in [0.1, 0.15) is 6.92 Å². The summed E-state index contributed by atoms with van der Waals surface area (Å²) in [6.45, 7) is 1.19. The van der Waals surface area contributed by atoms with E-state index in [1.807, 2.05) is 0 Å². The van der Waals surface area contributed by atoms with Crippen LogP contribution in [0, 0.1) is 0 Å². The van der Waals surface area contributed by atoms with Crippen molar-refractivity contribution in [3.05, 3.63) is 51.5 Å². The maximum absolute atomic E-state index is 11.9. The molecule has 0 spiro atoms. The molecule has 2 aromatic rings. The van der Waals surface area contributed by atoms with Gasteiger partial charge in [0.1, 0.15) is 5.75 Å². The highest BCUT2D eigenvalue weighted by molar-refractivity contribution is 6.42. The predicted octanol–water partition coefficient (Wildman–Crippen LogP) is 4.62. The van der Waals surface area contributed by atoms with Gasteiger partial charge >= 0.3 is 0 Å². The molecule has 0 heterocycles. The van der Waals surface area contributed by atoms with Gasteiger partial charge in [-0.2, -0.15) is 0 Å². The van der Waals surface area contributed by atoms with Crippen molar-refractivity contribution in [1.29, 1.82) is 0 Å². The van der Waals surface area contributed by atoms with Gasteiger partial charge in [0.15, 0.2) is 6.61 Å². The maximum Gasteiger partial charge on any atom is 0.262 e. The molecule has 24 heavy (non-hydrogen) atoms. The minimum Gasteiger partial charge on any atom is -0.484 e. The third-order valence-corrected chi connectivity index (χ3v) is 3.63. The fourth-order valence-corrected chi connectivity index (χ4v) is 2.74. The van der Waals surface area contributed by atoms with E-state index >= 15 is 0 Å². The first kappa shape index (κ1) is 18.4. The Bertz CT molecular complexity index is 741. The van der Waals surface area contributed by atoms with Crippen LogP contribution >= 0.6 is 34.8 Å². The van der Waals surface area contributed by atoms with E-state index in [9.17, 15) is 9.59 Å². The van der Waals surface area contributed by atoms with E-state index in [1.54, 1.807) is 24.3 Å². The van der Waals surface area contributed by atoms with E-state index in [4.69, 9.17) is 39.5 Å². The van der Waals surface area contributed by atoms with Gasteiger partial charge in [0, 0.05) is 17.6 Å². The van der Waals surface area contributed by atoms with Gasteiger partial charge in [0.2, 0.25) is 5.91 Å². The van der Waals surface area contributed by atoms with Crippen molar-refractivity contribution in [2.45, 2.75) is 6.92 Å². The van der Waals surface area contributed by atoms with Crippen molar-refractivity contribution < 1.29 is 14.3 Å². The van der Waals surface area contributed by atoms with Gasteiger partial charge in [-0.05, 0) is 36.4 Å². The summed E-state index contributed by atoms with van der Waals surface area (Å²) >= 11 is 17.8. The number of rotatable bonds is 5. The molecule has 0 fully saturated rings. The number of halogens is 3. The van der Waals surface area contributed by atoms with Crippen LogP contribution in [-0.2, 0) is 9.59 Å². The molecule has 0 saturated carbocycles. The third-order valence-electron chi connectivity index (χ3n) is 2.82. The maximum atomic E-state index is 11.9. The topological polar surface area (TPSA) is 67.4 Å². The van der Waals surface area contributed by atoms with E-state index < -0.39 is 5.91 Å². The van der Waals surface area contributed by atoms with Crippen molar-refractivity contribution in [3.8, 4) is 5.75 Å². The SMILES string of the molecule is CC(=O)Nc1ccc(OCC(=O)Nc2c(Cl)cc(Cl)cc2Cl)cc1. The van der Waals surface area contributed by atoms with Crippen molar-refractivity contribution in [3.63, 3.8) is 0 Å². The lowest BCUT2D eigenvalue weighted by Crippen LogP contribution is -2.20. The van der Waals surface area contributed by atoms with E-state index in [-0.39, 0.29) is 28.2 Å². The number of hydrogen-bond acceptors (Lipinski definition) is 3. The summed E-state index contributed by atoms with van der Waals surface area (Å²) in [6, 6.07) is 9.57. The van der Waals surface area contributed by atoms with Gasteiger partial charge < -0.3 is 15.4 Å². The standard InChI is InChI=1S/C16H13Cl3N2O3/c1-9(22)20-11-2-4-12(5-3-11)24-8-15(23)21-16-13(18)6-10(17)7-14(16)19/h2-7H,8H2,1H3,(H,20,22)(H,21,23). The Morgan fingerprint density at radius 1 is 1.00 bits per heavy atom. The van der Waals surface area contributed by atoms with Gasteiger partial charge in [0.25, 0.3) is 5.91 Å². The number of benzene rings is 2. The molecular weight excluding hydrogens is 375 g/mol. The summed E-state index contributed by atoms with van der Waals surface area (Å²) in [4.78, 5) is 22.9. The average molecular weight is 388 g/mol. The Labute approximate surface area is 153 Å². The van der Waals surface area contributed by atoms with Crippen molar-refractivity contribution in [2.24, 2.45) is 0 Å². The largest absolute Gasteiger partial charge is 0.484 e. The zero-order valence-corrected chi connectivity index (χ0v) is 14.8. The second-order valence-corrected chi connectivity index (χ2v) is 6.04. The zero-order chi connectivity index (χ0) is 17.7. The lowest BCUT2D eigenvalue weighted by molar-refractivity contribution is -0.118. The Morgan fingerprint density at radius 3 is 2.12 bits per heavy atom. The number of amides is 2. The van der Waals surface area contributed by atoms with Crippen LogP contribution in [0.15, 0.2) is 36.4 Å². The molecule has 126 valence electrons. The number of anilines is 2. The Kier molecular flexibility index (Phi) is 6.31. The smallest absolute Gasteiger partial charge is 0.262 e. The highest BCUT2D eigenvalue weighted by Crippen LogP contribution is 2.33. The number of nitrogens with one attached hydrogen (secondary N) is 2. The highest BCUT2D eigenvalue weighted by atomic mass is 35.5. The van der Waals surface area contributed by atoms with Crippen LogP contribution in [0.25, 0.3) is 0 Å². The molecule has 0 bridgehead atoms. The van der Waals surface area contributed by atoms with Crippen LogP contribution in [0.2, 0.25) is 15.1 Å². The normalized spacial score (nSPS) is 10.2. The van der Waals surface area contributed by atoms with E-state index in [0.29, 0.717) is 16.5 Å². The van der Waals surface area contributed by atoms with Crippen LogP contribution in [0.4, 0.5) is 11.4 Å². The number of ether oxygens (including phenoxy) is 1. The second kappa shape index (κ2) is 8.24. The molecule has 0 aliphatic carbocycles. The average Bonchev–Trinajstić information content (AvgIpc) is 2.49. The molecule has 0 radical (unpaired) electrons. The first-order valence-corrected chi connectivity index (χ1v) is 7.93. The van der Waals surface area contributed by atoms with E-state index in [2.05, 4.69) is 10.6 Å². The quantitative estimate of drug-likeness (QED) is 0.786. The lowest BCUT2D eigenvalue weighted by Gasteiger charge is -2.11. The summed E-state index contributed by atoms with van der Waals surface area (Å²) < 4.78 is 5.37. The molecule has 0 saturated heterocycles. The molecule has 8 heteroatoms. The lowest BCUT2D eigenvalue weighted by atomic mass is 10.3. The summed E-state index contributed by atoms with van der Waals surface area (Å²) in [5, 5.41) is 6.05. The fourth-order valence-electron chi connectivity index (χ4n) is 1.82. The van der Waals surface area contributed by atoms with Gasteiger partial charge in [0.05, 0.1) is 15.7 Å². The molecule has 0 aromatic heterocycles. The van der Waals surface area contributed by atoms with Crippen molar-refractivity contribution in [2.75, 3.05) is 17.2 Å². The number of carbonyl (C=O) groups is 2. The minimum atomic E-state index is -0.424. The van der Waals surface area contributed by atoms with E-state index in [1.165, 1.54) is 19.1 Å². The Balaban J connectivity index is 1.93. The second-order valence-electron chi connectivity index (χ2n) is 4.79. The van der Waals surface area contributed by atoms with Crippen LogP contribution < -0.4 is 15.4 Å². The van der Waals surface area contributed by atoms with Gasteiger partial charge in [-0.15, -0.1) is 0 Å². The van der Waals surface area contributed by atoms with Crippen LogP contribution in [0.3, 0.4) is 0 Å². The number of carbonyl (C=O) groups excluding carboxylic acids is 2.